The Morgan fingerprint density at radius 1 is 1.14 bits per heavy atom. The fourth-order valence-electron chi connectivity index (χ4n) is 2.63. The Morgan fingerprint density at radius 2 is 2.00 bits per heavy atom. The molecule has 4 aromatic rings. The lowest BCUT2D eigenvalue weighted by Gasteiger charge is -2.12. The van der Waals surface area contributed by atoms with E-state index in [1.807, 2.05) is 30.3 Å². The van der Waals surface area contributed by atoms with Gasteiger partial charge >= 0.3 is 0 Å². The van der Waals surface area contributed by atoms with Crippen molar-refractivity contribution in [3.05, 3.63) is 66.3 Å². The second-order valence-electron chi connectivity index (χ2n) is 6.14. The number of fused-ring (bicyclic) bond motifs is 1. The molecular weight excluding hydrogens is 378 g/mol. The molecule has 142 valence electrons. The number of carbonyl (C=O) groups is 2. The van der Waals surface area contributed by atoms with E-state index >= 15 is 0 Å². The second-order valence-corrected chi connectivity index (χ2v) is 7.17. The number of hydrogen-bond acceptors (Lipinski definition) is 6. The van der Waals surface area contributed by atoms with E-state index in [4.69, 9.17) is 8.83 Å². The van der Waals surface area contributed by atoms with Gasteiger partial charge in [0.2, 0.25) is 5.91 Å². The predicted molar refractivity (Wildman–Crippen MR) is 105 cm³/mol. The van der Waals surface area contributed by atoms with Crippen molar-refractivity contribution in [2.45, 2.75) is 19.5 Å². The number of furan rings is 2. The minimum absolute atomic E-state index is 0.158. The predicted octanol–water partition coefficient (Wildman–Crippen LogP) is 3.58. The van der Waals surface area contributed by atoms with E-state index < -0.39 is 11.9 Å². The maximum absolute atomic E-state index is 12.2. The summed E-state index contributed by atoms with van der Waals surface area (Å²) in [5, 5.41) is 6.12. The number of carbonyl (C=O) groups excluding carboxylic acids is 2. The summed E-state index contributed by atoms with van der Waals surface area (Å²) in [6.07, 6.45) is 1.40. The molecule has 0 bridgehead atoms. The summed E-state index contributed by atoms with van der Waals surface area (Å²) in [6.45, 7) is 1.82. The average Bonchev–Trinajstić information content (AvgIpc) is 3.45. The van der Waals surface area contributed by atoms with Crippen LogP contribution in [0.4, 0.5) is 0 Å². The zero-order valence-corrected chi connectivity index (χ0v) is 15.8. The number of benzene rings is 1. The Morgan fingerprint density at radius 3 is 2.79 bits per heavy atom. The smallest absolute Gasteiger partial charge is 0.287 e. The first-order chi connectivity index (χ1) is 13.6. The van der Waals surface area contributed by atoms with Gasteiger partial charge in [0.05, 0.1) is 23.0 Å². The minimum Gasteiger partial charge on any atom is -0.459 e. The van der Waals surface area contributed by atoms with Crippen molar-refractivity contribution in [2.24, 2.45) is 0 Å². The molecule has 2 amide bonds. The Kier molecular flexibility index (Phi) is 4.94. The summed E-state index contributed by atoms with van der Waals surface area (Å²) >= 11 is 1.55. The van der Waals surface area contributed by atoms with E-state index in [1.54, 1.807) is 30.4 Å². The van der Waals surface area contributed by atoms with Crippen LogP contribution in [-0.4, -0.2) is 22.8 Å². The van der Waals surface area contributed by atoms with Crippen LogP contribution in [0.3, 0.4) is 0 Å². The van der Waals surface area contributed by atoms with Crippen molar-refractivity contribution in [2.75, 3.05) is 0 Å². The molecule has 1 aromatic carbocycles. The monoisotopic (exact) mass is 395 g/mol. The molecule has 0 aliphatic heterocycles. The third-order valence-electron chi connectivity index (χ3n) is 4.09. The van der Waals surface area contributed by atoms with Gasteiger partial charge in [-0.15, -0.1) is 11.3 Å². The molecule has 0 saturated carbocycles. The summed E-state index contributed by atoms with van der Waals surface area (Å²) in [5.74, 6) is 0.657. The molecule has 0 radical (unpaired) electrons. The quantitative estimate of drug-likeness (QED) is 0.520. The van der Waals surface area contributed by atoms with Gasteiger partial charge in [0.25, 0.3) is 5.91 Å². The summed E-state index contributed by atoms with van der Waals surface area (Å²) in [5.41, 5.74) is 0.926. The van der Waals surface area contributed by atoms with Crippen molar-refractivity contribution in [1.82, 2.24) is 15.6 Å². The van der Waals surface area contributed by atoms with Crippen LogP contribution in [-0.2, 0) is 11.3 Å². The first-order valence-electron chi connectivity index (χ1n) is 8.67. The molecule has 3 aromatic heterocycles. The average molecular weight is 395 g/mol. The zero-order chi connectivity index (χ0) is 19.5. The van der Waals surface area contributed by atoms with E-state index in [2.05, 4.69) is 15.6 Å². The first kappa shape index (κ1) is 18.0. The van der Waals surface area contributed by atoms with Gasteiger partial charge in [-0.25, -0.2) is 4.98 Å². The normalized spacial score (nSPS) is 12.0. The maximum atomic E-state index is 12.2. The first-order valence-corrected chi connectivity index (χ1v) is 9.48. The van der Waals surface area contributed by atoms with Crippen LogP contribution >= 0.6 is 11.3 Å². The SMILES string of the molecule is CC(NC(=O)c1ccco1)C(=O)NCc1ccc(-c2nc3ccccc3s2)o1. The molecular formula is C20H17N3O4S. The molecule has 28 heavy (non-hydrogen) atoms. The number of aromatic nitrogens is 1. The number of para-hydroxylation sites is 1. The van der Waals surface area contributed by atoms with Gasteiger partial charge in [-0.2, -0.15) is 0 Å². The van der Waals surface area contributed by atoms with E-state index in [9.17, 15) is 9.59 Å². The van der Waals surface area contributed by atoms with Gasteiger partial charge in [0.1, 0.15) is 11.8 Å². The largest absolute Gasteiger partial charge is 0.459 e. The number of thiazole rings is 1. The minimum atomic E-state index is -0.712. The van der Waals surface area contributed by atoms with Crippen molar-refractivity contribution in [3.8, 4) is 10.8 Å². The van der Waals surface area contributed by atoms with Gasteiger partial charge < -0.3 is 19.5 Å². The number of amides is 2. The second kappa shape index (κ2) is 7.69. The fourth-order valence-corrected chi connectivity index (χ4v) is 3.56. The molecule has 0 fully saturated rings. The van der Waals surface area contributed by atoms with Crippen molar-refractivity contribution in [3.63, 3.8) is 0 Å². The highest BCUT2D eigenvalue weighted by atomic mass is 32.1. The van der Waals surface area contributed by atoms with Crippen LogP contribution < -0.4 is 10.6 Å². The zero-order valence-electron chi connectivity index (χ0n) is 15.0. The van der Waals surface area contributed by atoms with Crippen LogP contribution in [0.5, 0.6) is 0 Å². The Bertz CT molecular complexity index is 1080. The molecule has 2 N–H and O–H groups in total. The molecule has 4 rings (SSSR count). The number of hydrogen-bond donors (Lipinski definition) is 2. The molecule has 0 aliphatic carbocycles. The molecule has 1 atom stereocenters. The van der Waals surface area contributed by atoms with Crippen LogP contribution in [0.2, 0.25) is 0 Å². The molecule has 0 spiro atoms. The highest BCUT2D eigenvalue weighted by Gasteiger charge is 2.18. The summed E-state index contributed by atoms with van der Waals surface area (Å²) in [6, 6.07) is 14.0. The number of rotatable bonds is 6. The van der Waals surface area contributed by atoms with Gasteiger partial charge in [-0.3, -0.25) is 9.59 Å². The number of nitrogens with one attached hydrogen (secondary N) is 2. The van der Waals surface area contributed by atoms with E-state index in [0.29, 0.717) is 11.5 Å². The fraction of sp³-hybridized carbons (Fsp3) is 0.150. The third-order valence-corrected chi connectivity index (χ3v) is 5.14. The molecule has 7 nitrogen and oxygen atoms in total. The standard InChI is InChI=1S/C20H17N3O4S/c1-12(22-19(25)15-6-4-10-26-15)18(24)21-11-13-8-9-16(27-13)20-23-14-5-2-3-7-17(14)28-20/h2-10,12H,11H2,1H3,(H,21,24)(H,22,25). The van der Waals surface area contributed by atoms with Crippen molar-refractivity contribution in [1.29, 1.82) is 0 Å². The molecule has 3 heterocycles. The van der Waals surface area contributed by atoms with Crippen LogP contribution in [0, 0.1) is 0 Å². The Hall–Kier alpha value is -3.39. The van der Waals surface area contributed by atoms with Crippen LogP contribution in [0.25, 0.3) is 21.0 Å². The van der Waals surface area contributed by atoms with Gasteiger partial charge in [0.15, 0.2) is 16.5 Å². The van der Waals surface area contributed by atoms with Crippen molar-refractivity contribution >= 4 is 33.4 Å². The lowest BCUT2D eigenvalue weighted by Crippen LogP contribution is -2.44. The van der Waals surface area contributed by atoms with E-state index in [0.717, 1.165) is 15.2 Å². The Balaban J connectivity index is 1.35. The maximum Gasteiger partial charge on any atom is 0.287 e. The molecule has 1 unspecified atom stereocenters. The van der Waals surface area contributed by atoms with Gasteiger partial charge in [-0.1, -0.05) is 12.1 Å². The summed E-state index contributed by atoms with van der Waals surface area (Å²) < 4.78 is 11.9. The molecule has 0 saturated heterocycles. The lowest BCUT2D eigenvalue weighted by molar-refractivity contribution is -0.122. The topological polar surface area (TPSA) is 97.4 Å². The van der Waals surface area contributed by atoms with Gasteiger partial charge in [0, 0.05) is 0 Å². The van der Waals surface area contributed by atoms with Crippen molar-refractivity contribution < 1.29 is 18.4 Å². The van der Waals surface area contributed by atoms with Gasteiger partial charge in [-0.05, 0) is 43.3 Å². The molecule has 0 aliphatic rings. The van der Waals surface area contributed by atoms with E-state index in [1.165, 1.54) is 12.3 Å². The van der Waals surface area contributed by atoms with E-state index in [-0.39, 0.29) is 18.2 Å². The highest BCUT2D eigenvalue weighted by molar-refractivity contribution is 7.21. The highest BCUT2D eigenvalue weighted by Crippen LogP contribution is 2.31. The summed E-state index contributed by atoms with van der Waals surface area (Å²) in [7, 11) is 0. The van der Waals surface area contributed by atoms with Crippen LogP contribution in [0.15, 0.2) is 63.6 Å². The lowest BCUT2D eigenvalue weighted by atomic mass is 10.3. The van der Waals surface area contributed by atoms with Crippen LogP contribution in [0.1, 0.15) is 23.2 Å². The summed E-state index contributed by atoms with van der Waals surface area (Å²) in [4.78, 5) is 28.7. The molecule has 8 heteroatoms. The Labute approximate surface area is 164 Å². The third kappa shape index (κ3) is 3.81. The number of nitrogens with zero attached hydrogens (tertiary/aromatic N) is 1.